The molecule has 2 amide bonds. The molecule has 1 aliphatic rings. The molecule has 1 aromatic carbocycles. The second-order valence-electron chi connectivity index (χ2n) is 6.85. The molecular weight excluding hydrogens is 389 g/mol. The Labute approximate surface area is 165 Å². The van der Waals surface area contributed by atoms with E-state index in [0.717, 1.165) is 23.4 Å². The third-order valence-corrected chi connectivity index (χ3v) is 5.73. The van der Waals surface area contributed by atoms with Crippen molar-refractivity contribution in [3.8, 4) is 0 Å². The normalized spacial score (nSPS) is 18.1. The molecule has 28 heavy (non-hydrogen) atoms. The van der Waals surface area contributed by atoms with Gasteiger partial charge in [0.1, 0.15) is 6.04 Å². The minimum atomic E-state index is -4.43. The number of hydrogen-bond donors (Lipinski definition) is 1. The number of alkyl halides is 3. The Kier molecular flexibility index (Phi) is 6.07. The highest BCUT2D eigenvalue weighted by molar-refractivity contribution is 7.10. The summed E-state index contributed by atoms with van der Waals surface area (Å²) in [6, 6.07) is 7.49. The molecule has 3 rings (SSSR count). The van der Waals surface area contributed by atoms with Gasteiger partial charge in [0, 0.05) is 11.4 Å². The van der Waals surface area contributed by atoms with Crippen molar-refractivity contribution in [3.05, 3.63) is 57.8 Å². The standard InChI is InChI=1S/C20H21F3N2O2S/c1-13(14-5-2-6-15(11-14)20(21,22)23)24-19(27)17-8-3-9-25(17)18(26)12-16-7-4-10-28-16/h2,4-7,10-11,13,17H,3,8-9,12H2,1H3,(H,24,27)/t13-,17+/m0/s1. The van der Waals surface area contributed by atoms with Crippen molar-refractivity contribution in [2.24, 2.45) is 0 Å². The number of carbonyl (C=O) groups is 2. The van der Waals surface area contributed by atoms with Crippen LogP contribution in [0.3, 0.4) is 0 Å². The molecule has 1 N–H and O–H groups in total. The van der Waals surface area contributed by atoms with E-state index in [4.69, 9.17) is 0 Å². The van der Waals surface area contributed by atoms with Crippen molar-refractivity contribution in [1.82, 2.24) is 10.2 Å². The van der Waals surface area contributed by atoms with Crippen LogP contribution in [0, 0.1) is 0 Å². The van der Waals surface area contributed by atoms with Crippen molar-refractivity contribution >= 4 is 23.2 Å². The molecule has 4 nitrogen and oxygen atoms in total. The molecule has 1 aromatic heterocycles. The van der Waals surface area contributed by atoms with Crippen LogP contribution < -0.4 is 5.32 Å². The third kappa shape index (κ3) is 4.73. The first-order valence-corrected chi connectivity index (χ1v) is 9.93. The number of nitrogens with zero attached hydrogens (tertiary/aromatic N) is 1. The maximum Gasteiger partial charge on any atom is 0.416 e. The van der Waals surface area contributed by atoms with Gasteiger partial charge in [-0.15, -0.1) is 11.3 Å². The topological polar surface area (TPSA) is 49.4 Å². The van der Waals surface area contributed by atoms with E-state index in [1.807, 2.05) is 17.5 Å². The van der Waals surface area contributed by atoms with E-state index >= 15 is 0 Å². The summed E-state index contributed by atoms with van der Waals surface area (Å²) in [6.45, 7) is 2.15. The summed E-state index contributed by atoms with van der Waals surface area (Å²) in [6.07, 6.45) is -2.90. The van der Waals surface area contributed by atoms with Crippen LogP contribution in [0.25, 0.3) is 0 Å². The molecule has 2 atom stereocenters. The molecule has 0 spiro atoms. The summed E-state index contributed by atoms with van der Waals surface area (Å²) in [5.41, 5.74) is -0.377. The molecule has 0 aliphatic carbocycles. The lowest BCUT2D eigenvalue weighted by atomic mass is 10.0. The van der Waals surface area contributed by atoms with Crippen LogP contribution in [0.5, 0.6) is 0 Å². The van der Waals surface area contributed by atoms with E-state index < -0.39 is 23.8 Å². The molecular formula is C20H21F3N2O2S. The summed E-state index contributed by atoms with van der Waals surface area (Å²) in [4.78, 5) is 27.8. The maximum absolute atomic E-state index is 12.9. The quantitative estimate of drug-likeness (QED) is 0.804. The van der Waals surface area contributed by atoms with E-state index in [-0.39, 0.29) is 18.2 Å². The molecule has 2 heterocycles. The lowest BCUT2D eigenvalue weighted by molar-refractivity contribution is -0.138. The molecule has 2 aromatic rings. The van der Waals surface area contributed by atoms with E-state index in [0.29, 0.717) is 18.5 Å². The summed E-state index contributed by atoms with van der Waals surface area (Å²) >= 11 is 1.49. The van der Waals surface area contributed by atoms with E-state index in [1.165, 1.54) is 17.4 Å². The zero-order chi connectivity index (χ0) is 20.3. The van der Waals surface area contributed by atoms with Crippen LogP contribution in [0.2, 0.25) is 0 Å². The third-order valence-electron chi connectivity index (χ3n) is 4.85. The summed E-state index contributed by atoms with van der Waals surface area (Å²) < 4.78 is 38.7. The summed E-state index contributed by atoms with van der Waals surface area (Å²) in [5.74, 6) is -0.436. The highest BCUT2D eigenvalue weighted by atomic mass is 32.1. The first-order chi connectivity index (χ1) is 13.3. The number of halogens is 3. The van der Waals surface area contributed by atoms with Gasteiger partial charge in [-0.05, 0) is 48.9 Å². The predicted molar refractivity (Wildman–Crippen MR) is 101 cm³/mol. The first kappa shape index (κ1) is 20.4. The fourth-order valence-electron chi connectivity index (χ4n) is 3.38. The van der Waals surface area contributed by atoms with Gasteiger partial charge in [0.2, 0.25) is 11.8 Å². The SMILES string of the molecule is C[C@H](NC(=O)[C@H]1CCCN1C(=O)Cc1cccs1)c1cccc(C(F)(F)F)c1. The Bertz CT molecular complexity index is 836. The predicted octanol–water partition coefficient (Wildman–Crippen LogP) is 4.18. The highest BCUT2D eigenvalue weighted by Crippen LogP contribution is 2.31. The van der Waals surface area contributed by atoms with Gasteiger partial charge in [0.25, 0.3) is 0 Å². The maximum atomic E-state index is 12.9. The fourth-order valence-corrected chi connectivity index (χ4v) is 4.07. The number of carbonyl (C=O) groups excluding carboxylic acids is 2. The number of nitrogens with one attached hydrogen (secondary N) is 1. The lowest BCUT2D eigenvalue weighted by Gasteiger charge is -2.26. The minimum absolute atomic E-state index is 0.105. The lowest BCUT2D eigenvalue weighted by Crippen LogP contribution is -2.47. The number of hydrogen-bond acceptors (Lipinski definition) is 3. The molecule has 1 saturated heterocycles. The van der Waals surface area contributed by atoms with E-state index in [1.54, 1.807) is 17.9 Å². The van der Waals surface area contributed by atoms with Gasteiger partial charge in [0.05, 0.1) is 18.0 Å². The number of thiophene rings is 1. The average molecular weight is 410 g/mol. The Morgan fingerprint density at radius 3 is 2.75 bits per heavy atom. The molecule has 150 valence electrons. The minimum Gasteiger partial charge on any atom is -0.348 e. The number of benzene rings is 1. The Morgan fingerprint density at radius 2 is 2.07 bits per heavy atom. The van der Waals surface area contributed by atoms with Gasteiger partial charge in [-0.25, -0.2) is 0 Å². The molecule has 0 saturated carbocycles. The largest absolute Gasteiger partial charge is 0.416 e. The number of rotatable bonds is 5. The van der Waals surface area contributed by atoms with Crippen molar-refractivity contribution < 1.29 is 22.8 Å². The Hall–Kier alpha value is -2.35. The van der Waals surface area contributed by atoms with Gasteiger partial charge < -0.3 is 10.2 Å². The molecule has 0 radical (unpaired) electrons. The van der Waals surface area contributed by atoms with Gasteiger partial charge in [-0.3, -0.25) is 9.59 Å². The van der Waals surface area contributed by atoms with Crippen LogP contribution in [0.15, 0.2) is 41.8 Å². The smallest absolute Gasteiger partial charge is 0.348 e. The average Bonchev–Trinajstić information content (AvgIpc) is 3.32. The van der Waals surface area contributed by atoms with E-state index in [9.17, 15) is 22.8 Å². The summed E-state index contributed by atoms with van der Waals surface area (Å²) in [5, 5.41) is 4.66. The zero-order valence-electron chi connectivity index (χ0n) is 15.3. The molecule has 1 fully saturated rings. The second-order valence-corrected chi connectivity index (χ2v) is 7.89. The molecule has 0 unspecified atom stereocenters. The molecule has 0 bridgehead atoms. The van der Waals surface area contributed by atoms with Crippen molar-refractivity contribution in [3.63, 3.8) is 0 Å². The van der Waals surface area contributed by atoms with Crippen LogP contribution in [0.1, 0.15) is 41.8 Å². The monoisotopic (exact) mass is 410 g/mol. The molecule has 8 heteroatoms. The zero-order valence-corrected chi connectivity index (χ0v) is 16.1. The van der Waals surface area contributed by atoms with Gasteiger partial charge in [0.15, 0.2) is 0 Å². The van der Waals surface area contributed by atoms with Crippen LogP contribution in [-0.2, 0) is 22.2 Å². The highest BCUT2D eigenvalue weighted by Gasteiger charge is 2.35. The van der Waals surface area contributed by atoms with Crippen molar-refractivity contribution in [2.45, 2.75) is 44.4 Å². The second kappa shape index (κ2) is 8.34. The first-order valence-electron chi connectivity index (χ1n) is 9.05. The van der Waals surface area contributed by atoms with E-state index in [2.05, 4.69) is 5.32 Å². The van der Waals surface area contributed by atoms with Gasteiger partial charge in [-0.2, -0.15) is 13.2 Å². The Morgan fingerprint density at radius 1 is 1.29 bits per heavy atom. The summed E-state index contributed by atoms with van der Waals surface area (Å²) in [7, 11) is 0. The van der Waals surface area contributed by atoms with Gasteiger partial charge >= 0.3 is 6.18 Å². The van der Waals surface area contributed by atoms with Gasteiger partial charge in [-0.1, -0.05) is 18.2 Å². The Balaban J connectivity index is 1.65. The van der Waals surface area contributed by atoms with Crippen molar-refractivity contribution in [2.75, 3.05) is 6.54 Å². The van der Waals surface area contributed by atoms with Crippen LogP contribution in [0.4, 0.5) is 13.2 Å². The fraction of sp³-hybridized carbons (Fsp3) is 0.400. The van der Waals surface area contributed by atoms with Crippen molar-refractivity contribution in [1.29, 1.82) is 0 Å². The molecule has 1 aliphatic heterocycles. The number of amides is 2. The van der Waals surface area contributed by atoms with Crippen LogP contribution in [-0.4, -0.2) is 29.3 Å². The number of likely N-dealkylation sites (tertiary alicyclic amines) is 1. The van der Waals surface area contributed by atoms with Crippen LogP contribution >= 0.6 is 11.3 Å².